The van der Waals surface area contributed by atoms with E-state index in [1.54, 1.807) is 35.4 Å². The molecule has 61 heavy (non-hydrogen) atoms. The number of amides is 3. The smallest absolute Gasteiger partial charge is 0.274 e. The van der Waals surface area contributed by atoms with E-state index < -0.39 is 11.7 Å². The highest BCUT2D eigenvalue weighted by Crippen LogP contribution is 2.27. The Morgan fingerprint density at radius 1 is 0.754 bits per heavy atom. The van der Waals surface area contributed by atoms with Gasteiger partial charge >= 0.3 is 0 Å². The summed E-state index contributed by atoms with van der Waals surface area (Å²) in [7, 11) is 1.83. The number of fused-ring (bicyclic) bond motifs is 1. The van der Waals surface area contributed by atoms with Crippen molar-refractivity contribution in [1.29, 1.82) is 0 Å². The summed E-state index contributed by atoms with van der Waals surface area (Å²) in [6, 6.07) is 22.1. The number of piperidine rings is 1. The molecule has 318 valence electrons. The summed E-state index contributed by atoms with van der Waals surface area (Å²) in [6.45, 7) is 9.58. The number of aromatic nitrogens is 3. The zero-order valence-electron chi connectivity index (χ0n) is 35.0. The molecule has 3 amide bonds. The summed E-state index contributed by atoms with van der Waals surface area (Å²) in [5.41, 5.74) is 5.56. The molecule has 0 aliphatic carbocycles. The molecule has 0 saturated carbocycles. The number of H-pyrrole nitrogens is 1. The average Bonchev–Trinajstić information content (AvgIpc) is 3.31. The number of hydrogen-bond acceptors (Lipinski definition) is 9. The van der Waals surface area contributed by atoms with Gasteiger partial charge in [-0.1, -0.05) is 55.5 Å². The van der Waals surface area contributed by atoms with Gasteiger partial charge in [0, 0.05) is 89.5 Å². The van der Waals surface area contributed by atoms with E-state index >= 15 is 4.39 Å². The third-order valence-corrected chi connectivity index (χ3v) is 12.6. The number of anilines is 1. The molecule has 8 rings (SSSR count). The number of pyridine rings is 1. The first-order chi connectivity index (χ1) is 29.7. The molecule has 3 fully saturated rings. The Hall–Kier alpha value is -5.99. The highest BCUT2D eigenvalue weighted by Gasteiger charge is 2.31. The largest absolute Gasteiger partial charge is 0.386 e. The number of halogens is 1. The lowest BCUT2D eigenvalue weighted by Gasteiger charge is -2.39. The van der Waals surface area contributed by atoms with Crippen LogP contribution in [0.1, 0.15) is 57.4 Å². The third kappa shape index (κ3) is 9.50. The molecule has 0 bridgehead atoms. The summed E-state index contributed by atoms with van der Waals surface area (Å²) >= 11 is 0. The van der Waals surface area contributed by atoms with E-state index in [0.29, 0.717) is 85.9 Å². The Labute approximate surface area is 355 Å². The van der Waals surface area contributed by atoms with Gasteiger partial charge in [-0.2, -0.15) is 5.10 Å². The minimum absolute atomic E-state index is 0.0139. The molecule has 5 heterocycles. The van der Waals surface area contributed by atoms with Crippen molar-refractivity contribution < 1.29 is 18.8 Å². The molecule has 2 aromatic heterocycles. The van der Waals surface area contributed by atoms with Crippen LogP contribution in [-0.4, -0.2) is 143 Å². The van der Waals surface area contributed by atoms with E-state index in [9.17, 15) is 19.2 Å². The van der Waals surface area contributed by atoms with Gasteiger partial charge in [0.05, 0.1) is 28.9 Å². The highest BCUT2D eigenvalue weighted by atomic mass is 19.1. The summed E-state index contributed by atoms with van der Waals surface area (Å²) in [6.07, 6.45) is 5.10. The number of likely N-dealkylation sites (tertiary alicyclic amines) is 1. The van der Waals surface area contributed by atoms with Crippen molar-refractivity contribution in [1.82, 2.24) is 39.7 Å². The second kappa shape index (κ2) is 18.7. The van der Waals surface area contributed by atoms with E-state index in [2.05, 4.69) is 61.5 Å². The molecule has 14 heteroatoms. The summed E-state index contributed by atoms with van der Waals surface area (Å²) < 4.78 is 15.0. The van der Waals surface area contributed by atoms with Crippen molar-refractivity contribution in [2.75, 3.05) is 90.9 Å². The lowest BCUT2D eigenvalue weighted by atomic mass is 9.96. The third-order valence-electron chi connectivity index (χ3n) is 12.6. The van der Waals surface area contributed by atoms with Gasteiger partial charge in [-0.15, -0.1) is 0 Å². The highest BCUT2D eigenvalue weighted by molar-refractivity contribution is 5.98. The number of carbonyl (C=O) groups excluding carboxylic acids is 3. The Kier molecular flexibility index (Phi) is 12.8. The number of nitrogens with zero attached hydrogens (tertiary/aromatic N) is 7. The van der Waals surface area contributed by atoms with Gasteiger partial charge in [0.1, 0.15) is 5.82 Å². The number of aryl methyl sites for hydroxylation is 1. The van der Waals surface area contributed by atoms with Crippen LogP contribution in [0.2, 0.25) is 0 Å². The van der Waals surface area contributed by atoms with Crippen LogP contribution in [0, 0.1) is 11.7 Å². The number of piperazine rings is 2. The van der Waals surface area contributed by atoms with Gasteiger partial charge in [-0.25, -0.2) is 14.5 Å². The molecule has 13 nitrogen and oxygen atoms in total. The molecule has 0 radical (unpaired) electrons. The van der Waals surface area contributed by atoms with Crippen molar-refractivity contribution in [2.45, 2.75) is 32.6 Å². The molecule has 5 aromatic rings. The van der Waals surface area contributed by atoms with Crippen LogP contribution in [-0.2, 0) is 17.6 Å². The van der Waals surface area contributed by atoms with Gasteiger partial charge in [0.15, 0.2) is 5.69 Å². The van der Waals surface area contributed by atoms with Crippen LogP contribution in [0.15, 0.2) is 83.8 Å². The van der Waals surface area contributed by atoms with Crippen LogP contribution in [0.5, 0.6) is 0 Å². The maximum atomic E-state index is 15.0. The van der Waals surface area contributed by atoms with Gasteiger partial charge in [-0.3, -0.25) is 29.0 Å². The maximum Gasteiger partial charge on any atom is 0.274 e. The fourth-order valence-electron chi connectivity index (χ4n) is 8.90. The molecule has 0 atom stereocenters. The Morgan fingerprint density at radius 2 is 1.46 bits per heavy atom. The molecule has 0 spiro atoms. The molecule has 2 N–H and O–H groups in total. The van der Waals surface area contributed by atoms with Crippen LogP contribution in [0.3, 0.4) is 0 Å². The zero-order chi connectivity index (χ0) is 42.5. The fraction of sp³-hybridized carbons (Fsp3) is 0.404. The molecular formula is C47H54FN9O4. The molecule has 3 saturated heterocycles. The summed E-state index contributed by atoms with van der Waals surface area (Å²) in [5.74, 6) is -0.461. The van der Waals surface area contributed by atoms with E-state index in [1.807, 2.05) is 35.0 Å². The first-order valence-corrected chi connectivity index (χ1v) is 21.5. The van der Waals surface area contributed by atoms with Crippen LogP contribution in [0.4, 0.5) is 10.1 Å². The van der Waals surface area contributed by atoms with Gasteiger partial charge in [0.2, 0.25) is 5.91 Å². The molecule has 3 aromatic carbocycles. The van der Waals surface area contributed by atoms with Crippen LogP contribution >= 0.6 is 0 Å². The molecule has 0 unspecified atom stereocenters. The Balaban J connectivity index is 0.762. The SMILES string of the molecule is CCc1cccc(-c2cnc(C(=O)N3CCN(CC4CCN(CC(=O)N5CCN(C(=O)c6cc(Cc7n[nH]c(=O)c8ccccc78)ccc6F)CC5)CC4)CC3)c(NC)c2)c1. The number of nitrogens with one attached hydrogen (secondary N) is 2. The number of rotatable bonds is 11. The van der Waals surface area contributed by atoms with Crippen molar-refractivity contribution >= 4 is 34.2 Å². The van der Waals surface area contributed by atoms with Crippen molar-refractivity contribution in [2.24, 2.45) is 5.92 Å². The second-order valence-electron chi connectivity index (χ2n) is 16.4. The minimum atomic E-state index is -0.598. The predicted molar refractivity (Wildman–Crippen MR) is 234 cm³/mol. The monoisotopic (exact) mass is 827 g/mol. The molecule has 3 aliphatic rings. The maximum absolute atomic E-state index is 15.0. The zero-order valence-corrected chi connectivity index (χ0v) is 35.0. The minimum Gasteiger partial charge on any atom is -0.386 e. The Bertz CT molecular complexity index is 2450. The van der Waals surface area contributed by atoms with Crippen LogP contribution < -0.4 is 10.9 Å². The van der Waals surface area contributed by atoms with Gasteiger partial charge < -0.3 is 20.0 Å². The standard InChI is InChI=1S/C47H54FN9O4/c1-3-32-7-6-8-35(25-32)36-28-42(49-2)44(50-29-36)47(61)57-19-17-54(18-20-57)30-33-13-15-53(16-14-33)31-43(58)55-21-23-56(24-22-55)46(60)39-26-34(11-12-40(39)48)27-41-37-9-4-5-10-38(37)45(59)52-51-41/h4-12,25-26,28-29,33,49H,3,13-24,27,30-31H2,1-2H3,(H,52,59). The second-order valence-corrected chi connectivity index (χ2v) is 16.4. The van der Waals surface area contributed by atoms with E-state index in [1.165, 1.54) is 11.6 Å². The quantitative estimate of drug-likeness (QED) is 0.193. The normalized spacial score (nSPS) is 16.9. The first-order valence-electron chi connectivity index (χ1n) is 21.5. The average molecular weight is 828 g/mol. The van der Waals surface area contributed by atoms with Crippen LogP contribution in [0.25, 0.3) is 21.9 Å². The predicted octanol–water partition coefficient (Wildman–Crippen LogP) is 4.77. The van der Waals surface area contributed by atoms with Gasteiger partial charge in [-0.05, 0) is 79.2 Å². The van der Waals surface area contributed by atoms with Crippen molar-refractivity contribution in [3.8, 4) is 11.1 Å². The number of aromatic amines is 1. The first kappa shape index (κ1) is 41.7. The Morgan fingerprint density at radius 3 is 2.20 bits per heavy atom. The lowest BCUT2D eigenvalue weighted by Crippen LogP contribution is -2.53. The van der Waals surface area contributed by atoms with E-state index in [4.69, 9.17) is 0 Å². The topological polar surface area (TPSA) is 138 Å². The molecular weight excluding hydrogens is 774 g/mol. The number of benzene rings is 3. The number of hydrogen-bond donors (Lipinski definition) is 2. The van der Waals surface area contributed by atoms with Crippen molar-refractivity contribution in [3.05, 3.63) is 123 Å². The van der Waals surface area contributed by atoms with Gasteiger partial charge in [0.25, 0.3) is 17.4 Å². The molecule has 3 aliphatic heterocycles. The lowest BCUT2D eigenvalue weighted by molar-refractivity contribution is -0.134. The summed E-state index contributed by atoms with van der Waals surface area (Å²) in [5, 5.41) is 11.2. The van der Waals surface area contributed by atoms with E-state index in [-0.39, 0.29) is 22.9 Å². The van der Waals surface area contributed by atoms with Crippen molar-refractivity contribution in [3.63, 3.8) is 0 Å². The summed E-state index contributed by atoms with van der Waals surface area (Å²) in [4.78, 5) is 67.4. The fourth-order valence-corrected chi connectivity index (χ4v) is 8.90. The number of carbonyl (C=O) groups is 3. The van der Waals surface area contributed by atoms with E-state index in [0.717, 1.165) is 68.8 Å².